The van der Waals surface area contributed by atoms with Crippen LogP contribution in [-0.4, -0.2) is 29.4 Å². The SMILES string of the molecule is CS(=O)(=O)OC(Cn1cc(F)cn1)c1ccc(Br)cn1. The van der Waals surface area contributed by atoms with Crippen LogP contribution in [0.25, 0.3) is 0 Å². The van der Waals surface area contributed by atoms with Crippen molar-refractivity contribution in [2.45, 2.75) is 12.6 Å². The highest BCUT2D eigenvalue weighted by Gasteiger charge is 2.20. The van der Waals surface area contributed by atoms with E-state index in [0.717, 1.165) is 23.1 Å². The Morgan fingerprint density at radius 1 is 1.45 bits per heavy atom. The predicted molar refractivity (Wildman–Crippen MR) is 72.8 cm³/mol. The summed E-state index contributed by atoms with van der Waals surface area (Å²) in [5, 5.41) is 3.76. The zero-order valence-electron chi connectivity index (χ0n) is 10.4. The van der Waals surface area contributed by atoms with E-state index in [1.165, 1.54) is 10.9 Å². The van der Waals surface area contributed by atoms with Crippen LogP contribution in [0.2, 0.25) is 0 Å². The fourth-order valence-corrected chi connectivity index (χ4v) is 2.39. The Bertz CT molecular complexity index is 687. The van der Waals surface area contributed by atoms with E-state index in [-0.39, 0.29) is 6.54 Å². The second kappa shape index (κ2) is 5.98. The topological polar surface area (TPSA) is 74.1 Å². The summed E-state index contributed by atoms with van der Waals surface area (Å²) in [6.07, 6.45) is 3.78. The smallest absolute Gasteiger partial charge is 0.265 e. The molecular weight excluding hydrogens is 353 g/mol. The highest BCUT2D eigenvalue weighted by Crippen LogP contribution is 2.21. The minimum atomic E-state index is -3.68. The minimum absolute atomic E-state index is 0.0334. The van der Waals surface area contributed by atoms with Gasteiger partial charge >= 0.3 is 0 Å². The fraction of sp³-hybridized carbons (Fsp3) is 0.273. The molecule has 2 aromatic heterocycles. The van der Waals surface area contributed by atoms with Gasteiger partial charge in [-0.15, -0.1) is 0 Å². The van der Waals surface area contributed by atoms with E-state index in [1.54, 1.807) is 12.1 Å². The van der Waals surface area contributed by atoms with Crippen LogP contribution in [0.5, 0.6) is 0 Å². The molecule has 0 N–H and O–H groups in total. The number of halogens is 2. The molecule has 1 atom stereocenters. The summed E-state index contributed by atoms with van der Waals surface area (Å²) in [7, 11) is -3.68. The molecule has 20 heavy (non-hydrogen) atoms. The Hall–Kier alpha value is -1.32. The maximum absolute atomic E-state index is 12.9. The van der Waals surface area contributed by atoms with Gasteiger partial charge in [0.05, 0.1) is 30.9 Å². The molecule has 9 heteroatoms. The highest BCUT2D eigenvalue weighted by molar-refractivity contribution is 9.10. The molecule has 0 amide bonds. The highest BCUT2D eigenvalue weighted by atomic mass is 79.9. The Morgan fingerprint density at radius 2 is 2.20 bits per heavy atom. The molecule has 0 saturated carbocycles. The van der Waals surface area contributed by atoms with E-state index in [0.29, 0.717) is 5.69 Å². The van der Waals surface area contributed by atoms with Gasteiger partial charge in [0.2, 0.25) is 0 Å². The third kappa shape index (κ3) is 4.36. The number of nitrogens with zero attached hydrogens (tertiary/aromatic N) is 3. The zero-order chi connectivity index (χ0) is 14.8. The molecule has 0 aliphatic heterocycles. The number of pyridine rings is 1. The lowest BCUT2D eigenvalue weighted by atomic mass is 10.2. The van der Waals surface area contributed by atoms with E-state index in [9.17, 15) is 12.8 Å². The van der Waals surface area contributed by atoms with Gasteiger partial charge in [-0.3, -0.25) is 13.8 Å². The van der Waals surface area contributed by atoms with Gasteiger partial charge in [-0.05, 0) is 28.1 Å². The molecule has 108 valence electrons. The van der Waals surface area contributed by atoms with Crippen LogP contribution in [0.15, 0.2) is 35.2 Å². The number of hydrogen-bond donors (Lipinski definition) is 0. The lowest BCUT2D eigenvalue weighted by molar-refractivity contribution is 0.183. The van der Waals surface area contributed by atoms with Gasteiger partial charge in [0.1, 0.15) is 6.10 Å². The molecule has 0 saturated heterocycles. The lowest BCUT2D eigenvalue weighted by Crippen LogP contribution is -2.17. The Labute approximate surface area is 123 Å². The molecule has 2 heterocycles. The molecule has 0 aliphatic rings. The van der Waals surface area contributed by atoms with Crippen molar-refractivity contribution >= 4 is 26.0 Å². The van der Waals surface area contributed by atoms with Gasteiger partial charge in [-0.2, -0.15) is 13.5 Å². The summed E-state index contributed by atoms with van der Waals surface area (Å²) < 4.78 is 42.5. The molecular formula is C11H11BrFN3O3S. The Kier molecular flexibility index (Phi) is 4.51. The molecule has 0 aliphatic carbocycles. The van der Waals surface area contributed by atoms with Crippen molar-refractivity contribution in [1.29, 1.82) is 0 Å². The van der Waals surface area contributed by atoms with Crippen molar-refractivity contribution in [1.82, 2.24) is 14.8 Å². The van der Waals surface area contributed by atoms with Crippen LogP contribution >= 0.6 is 15.9 Å². The monoisotopic (exact) mass is 363 g/mol. The van der Waals surface area contributed by atoms with Gasteiger partial charge in [-0.25, -0.2) is 4.39 Å². The Balaban J connectivity index is 2.26. The first-order valence-corrected chi connectivity index (χ1v) is 8.12. The molecule has 2 aromatic rings. The van der Waals surface area contributed by atoms with E-state index in [2.05, 4.69) is 26.0 Å². The maximum Gasteiger partial charge on any atom is 0.265 e. The van der Waals surface area contributed by atoms with E-state index >= 15 is 0 Å². The van der Waals surface area contributed by atoms with Crippen LogP contribution in [0, 0.1) is 5.82 Å². The van der Waals surface area contributed by atoms with Crippen molar-refractivity contribution in [2.24, 2.45) is 0 Å². The number of aromatic nitrogens is 3. The standard InChI is InChI=1S/C11H11BrFN3O3S/c1-20(17,18)19-11(7-16-6-9(13)5-15-16)10-3-2-8(12)4-14-10/h2-6,11H,7H2,1H3. The van der Waals surface area contributed by atoms with Crippen LogP contribution < -0.4 is 0 Å². The predicted octanol–water partition coefficient (Wildman–Crippen LogP) is 1.90. The first-order chi connectivity index (χ1) is 9.33. The summed E-state index contributed by atoms with van der Waals surface area (Å²) in [5.41, 5.74) is 0.412. The summed E-state index contributed by atoms with van der Waals surface area (Å²) in [6.45, 7) is 0.0334. The van der Waals surface area contributed by atoms with Crippen molar-refractivity contribution < 1.29 is 17.0 Å². The third-order valence-corrected chi connectivity index (χ3v) is 3.38. The third-order valence-electron chi connectivity index (χ3n) is 2.33. The first-order valence-electron chi connectivity index (χ1n) is 5.51. The normalized spacial score (nSPS) is 13.3. The van der Waals surface area contributed by atoms with E-state index < -0.39 is 22.0 Å². The molecule has 0 spiro atoms. The molecule has 0 fully saturated rings. The van der Waals surface area contributed by atoms with Crippen molar-refractivity contribution in [3.8, 4) is 0 Å². The van der Waals surface area contributed by atoms with E-state index in [4.69, 9.17) is 4.18 Å². The first kappa shape index (κ1) is 15.1. The molecule has 2 rings (SSSR count). The second-order valence-corrected chi connectivity index (χ2v) is 6.59. The average molecular weight is 364 g/mol. The quantitative estimate of drug-likeness (QED) is 0.758. The molecule has 0 aromatic carbocycles. The van der Waals surface area contributed by atoms with Crippen LogP contribution in [0.1, 0.15) is 11.8 Å². The van der Waals surface area contributed by atoms with E-state index in [1.807, 2.05) is 0 Å². The van der Waals surface area contributed by atoms with Crippen molar-refractivity contribution in [3.63, 3.8) is 0 Å². The number of hydrogen-bond acceptors (Lipinski definition) is 5. The summed E-state index contributed by atoms with van der Waals surface area (Å²) in [4.78, 5) is 4.09. The lowest BCUT2D eigenvalue weighted by Gasteiger charge is -2.15. The summed E-state index contributed by atoms with van der Waals surface area (Å²) >= 11 is 3.24. The molecule has 0 bridgehead atoms. The summed E-state index contributed by atoms with van der Waals surface area (Å²) in [6, 6.07) is 3.34. The van der Waals surface area contributed by atoms with Gasteiger partial charge in [0.25, 0.3) is 10.1 Å². The van der Waals surface area contributed by atoms with Crippen LogP contribution in [-0.2, 0) is 20.8 Å². The van der Waals surface area contributed by atoms with Gasteiger partial charge in [0.15, 0.2) is 5.82 Å². The summed E-state index contributed by atoms with van der Waals surface area (Å²) in [5.74, 6) is -0.508. The number of rotatable bonds is 5. The van der Waals surface area contributed by atoms with Crippen molar-refractivity contribution in [3.05, 3.63) is 46.7 Å². The zero-order valence-corrected chi connectivity index (χ0v) is 12.8. The van der Waals surface area contributed by atoms with Crippen LogP contribution in [0.4, 0.5) is 4.39 Å². The van der Waals surface area contributed by atoms with Gasteiger partial charge < -0.3 is 0 Å². The fourth-order valence-electron chi connectivity index (χ4n) is 1.57. The van der Waals surface area contributed by atoms with Crippen LogP contribution in [0.3, 0.4) is 0 Å². The Morgan fingerprint density at radius 3 is 2.70 bits per heavy atom. The van der Waals surface area contributed by atoms with Gasteiger partial charge in [-0.1, -0.05) is 0 Å². The molecule has 0 radical (unpaired) electrons. The van der Waals surface area contributed by atoms with Gasteiger partial charge in [0, 0.05) is 10.7 Å². The average Bonchev–Trinajstić information content (AvgIpc) is 2.73. The maximum atomic E-state index is 12.9. The minimum Gasteiger partial charge on any atom is -0.267 e. The largest absolute Gasteiger partial charge is 0.267 e. The second-order valence-electron chi connectivity index (χ2n) is 4.07. The molecule has 6 nitrogen and oxygen atoms in total. The molecule has 1 unspecified atom stereocenters. The van der Waals surface area contributed by atoms with Crippen molar-refractivity contribution in [2.75, 3.05) is 6.26 Å².